The van der Waals surface area contributed by atoms with Gasteiger partial charge in [-0.05, 0) is 19.8 Å². The maximum atomic E-state index is 11.4. The molecule has 14 heavy (non-hydrogen) atoms. The molecule has 4 nitrogen and oxygen atoms in total. The Balaban J connectivity index is 4.57. The summed E-state index contributed by atoms with van der Waals surface area (Å²) in [6.07, 6.45) is 1.60. The smallest absolute Gasteiger partial charge is 0.240 e. The van der Waals surface area contributed by atoms with E-state index in [-0.39, 0.29) is 11.9 Å². The third-order valence-corrected chi connectivity index (χ3v) is 2.60. The van der Waals surface area contributed by atoms with Crippen molar-refractivity contribution in [2.75, 3.05) is 13.7 Å². The van der Waals surface area contributed by atoms with Gasteiger partial charge in [0.05, 0.1) is 6.61 Å². The fourth-order valence-corrected chi connectivity index (χ4v) is 1.38. The number of carbonyl (C=O) groups is 1. The summed E-state index contributed by atoms with van der Waals surface area (Å²) in [5.74, 6) is -0.345. The van der Waals surface area contributed by atoms with Gasteiger partial charge in [0, 0.05) is 13.2 Å². The highest BCUT2D eigenvalue weighted by Crippen LogP contribution is 2.12. The minimum atomic E-state index is -0.718. The van der Waals surface area contributed by atoms with Gasteiger partial charge in [-0.25, -0.2) is 0 Å². The van der Waals surface area contributed by atoms with Crippen LogP contribution in [-0.4, -0.2) is 31.2 Å². The molecule has 0 aromatic carbocycles. The molecule has 2 unspecified atom stereocenters. The highest BCUT2D eigenvalue weighted by Gasteiger charge is 2.35. The second-order valence-corrected chi connectivity index (χ2v) is 3.69. The van der Waals surface area contributed by atoms with E-state index in [0.717, 1.165) is 6.42 Å². The van der Waals surface area contributed by atoms with Crippen LogP contribution >= 0.6 is 0 Å². The number of primary amides is 1. The van der Waals surface area contributed by atoms with Crippen LogP contribution in [0.25, 0.3) is 0 Å². The van der Waals surface area contributed by atoms with Crippen molar-refractivity contribution in [3.63, 3.8) is 0 Å². The number of hydrogen-bond acceptors (Lipinski definition) is 3. The monoisotopic (exact) mass is 202 g/mol. The Hall–Kier alpha value is -0.610. The van der Waals surface area contributed by atoms with Crippen molar-refractivity contribution in [3.8, 4) is 0 Å². The van der Waals surface area contributed by atoms with E-state index in [1.54, 1.807) is 7.11 Å². The molecule has 0 radical (unpaired) electrons. The topological polar surface area (TPSA) is 64.3 Å². The summed E-state index contributed by atoms with van der Waals surface area (Å²) in [7, 11) is 1.58. The molecule has 0 heterocycles. The third kappa shape index (κ3) is 3.27. The van der Waals surface area contributed by atoms with Gasteiger partial charge < -0.3 is 10.5 Å². The molecule has 0 aliphatic carbocycles. The molecular formula is C10H22N2O2. The zero-order valence-corrected chi connectivity index (χ0v) is 9.59. The lowest BCUT2D eigenvalue weighted by Crippen LogP contribution is -2.60. The van der Waals surface area contributed by atoms with E-state index >= 15 is 0 Å². The molecule has 2 atom stereocenters. The summed E-state index contributed by atoms with van der Waals surface area (Å²) in [6.45, 7) is 6.34. The predicted octanol–water partition coefficient (Wildman–Crippen LogP) is 0.655. The lowest BCUT2D eigenvalue weighted by molar-refractivity contribution is -0.127. The van der Waals surface area contributed by atoms with Crippen LogP contribution in [0.4, 0.5) is 0 Å². The van der Waals surface area contributed by atoms with E-state index in [1.165, 1.54) is 0 Å². The minimum Gasteiger partial charge on any atom is -0.382 e. The standard InChI is InChI=1S/C10H22N2O2/c1-5-8(3)12-10(6-2,7-14-4)9(11)13/h8,12H,5-7H2,1-4H3,(H2,11,13). The molecule has 0 aromatic heterocycles. The zero-order valence-electron chi connectivity index (χ0n) is 9.59. The molecule has 4 heteroatoms. The van der Waals surface area contributed by atoms with Gasteiger partial charge in [-0.3, -0.25) is 10.1 Å². The fourth-order valence-electron chi connectivity index (χ4n) is 1.38. The SMILES string of the molecule is CCC(C)NC(CC)(COC)C(N)=O. The summed E-state index contributed by atoms with van der Waals surface area (Å²) in [4.78, 5) is 11.4. The lowest BCUT2D eigenvalue weighted by atomic mass is 9.94. The minimum absolute atomic E-state index is 0.262. The van der Waals surface area contributed by atoms with Crippen LogP contribution in [0.2, 0.25) is 0 Å². The van der Waals surface area contributed by atoms with Crippen LogP contribution < -0.4 is 11.1 Å². The van der Waals surface area contributed by atoms with E-state index in [0.29, 0.717) is 13.0 Å². The number of hydrogen-bond donors (Lipinski definition) is 2. The molecule has 0 aromatic rings. The largest absolute Gasteiger partial charge is 0.382 e. The first kappa shape index (κ1) is 13.4. The first-order valence-electron chi connectivity index (χ1n) is 5.09. The summed E-state index contributed by atoms with van der Waals surface area (Å²) in [6, 6.07) is 0.262. The number of rotatable bonds is 7. The highest BCUT2D eigenvalue weighted by molar-refractivity contribution is 5.84. The maximum absolute atomic E-state index is 11.4. The van der Waals surface area contributed by atoms with Crippen LogP contribution in [0.1, 0.15) is 33.6 Å². The first-order valence-corrected chi connectivity index (χ1v) is 5.09. The number of amides is 1. The van der Waals surface area contributed by atoms with Crippen LogP contribution in [0.3, 0.4) is 0 Å². The Morgan fingerprint density at radius 2 is 2.14 bits per heavy atom. The predicted molar refractivity (Wildman–Crippen MR) is 57.0 cm³/mol. The Bertz CT molecular complexity index is 185. The van der Waals surface area contributed by atoms with Gasteiger partial charge in [0.15, 0.2) is 0 Å². The second kappa shape index (κ2) is 5.98. The molecule has 0 aliphatic heterocycles. The number of carbonyl (C=O) groups excluding carboxylic acids is 1. The Morgan fingerprint density at radius 1 is 1.57 bits per heavy atom. The third-order valence-electron chi connectivity index (χ3n) is 2.60. The van der Waals surface area contributed by atoms with Gasteiger partial charge in [-0.2, -0.15) is 0 Å². The van der Waals surface area contributed by atoms with Crippen molar-refractivity contribution in [1.29, 1.82) is 0 Å². The number of nitrogens with one attached hydrogen (secondary N) is 1. The van der Waals surface area contributed by atoms with Crippen molar-refractivity contribution in [2.24, 2.45) is 5.73 Å². The van der Waals surface area contributed by atoms with Gasteiger partial charge in [-0.1, -0.05) is 13.8 Å². The van der Waals surface area contributed by atoms with E-state index in [4.69, 9.17) is 10.5 Å². The van der Waals surface area contributed by atoms with Crippen molar-refractivity contribution in [2.45, 2.75) is 45.2 Å². The van der Waals surface area contributed by atoms with Crippen LogP contribution in [0.5, 0.6) is 0 Å². The van der Waals surface area contributed by atoms with Gasteiger partial charge >= 0.3 is 0 Å². The maximum Gasteiger partial charge on any atom is 0.240 e. The zero-order chi connectivity index (χ0) is 11.2. The van der Waals surface area contributed by atoms with Crippen LogP contribution in [-0.2, 0) is 9.53 Å². The van der Waals surface area contributed by atoms with E-state index in [2.05, 4.69) is 12.2 Å². The van der Waals surface area contributed by atoms with Gasteiger partial charge in [0.1, 0.15) is 5.54 Å². The fraction of sp³-hybridized carbons (Fsp3) is 0.900. The molecule has 0 spiro atoms. The molecule has 1 amide bonds. The van der Waals surface area contributed by atoms with Gasteiger partial charge in [-0.15, -0.1) is 0 Å². The molecule has 0 fully saturated rings. The van der Waals surface area contributed by atoms with Crippen LogP contribution in [0.15, 0.2) is 0 Å². The van der Waals surface area contributed by atoms with Crippen molar-refractivity contribution < 1.29 is 9.53 Å². The molecule has 0 saturated carbocycles. The number of nitrogens with two attached hydrogens (primary N) is 1. The first-order chi connectivity index (χ1) is 6.52. The molecule has 0 rings (SSSR count). The van der Waals surface area contributed by atoms with Crippen molar-refractivity contribution in [3.05, 3.63) is 0 Å². The van der Waals surface area contributed by atoms with Crippen molar-refractivity contribution in [1.82, 2.24) is 5.32 Å². The molecule has 0 saturated heterocycles. The average Bonchev–Trinajstić information content (AvgIpc) is 2.16. The Kier molecular flexibility index (Phi) is 5.72. The lowest BCUT2D eigenvalue weighted by Gasteiger charge is -2.32. The summed E-state index contributed by atoms with van der Waals surface area (Å²) < 4.78 is 5.04. The molecule has 0 bridgehead atoms. The van der Waals surface area contributed by atoms with Crippen LogP contribution in [0, 0.1) is 0 Å². The quantitative estimate of drug-likeness (QED) is 0.637. The molecular weight excluding hydrogens is 180 g/mol. The molecule has 84 valence electrons. The number of methoxy groups -OCH3 is 1. The average molecular weight is 202 g/mol. The molecule has 0 aliphatic rings. The summed E-state index contributed by atoms with van der Waals surface area (Å²) >= 11 is 0. The van der Waals surface area contributed by atoms with E-state index in [1.807, 2.05) is 13.8 Å². The van der Waals surface area contributed by atoms with Crippen molar-refractivity contribution >= 4 is 5.91 Å². The van der Waals surface area contributed by atoms with E-state index < -0.39 is 5.54 Å². The Morgan fingerprint density at radius 3 is 2.43 bits per heavy atom. The summed E-state index contributed by atoms with van der Waals surface area (Å²) in [5.41, 5.74) is 4.67. The normalized spacial score (nSPS) is 17.4. The van der Waals surface area contributed by atoms with Gasteiger partial charge in [0.2, 0.25) is 5.91 Å². The number of ether oxygens (including phenoxy) is 1. The van der Waals surface area contributed by atoms with E-state index in [9.17, 15) is 4.79 Å². The molecule has 3 N–H and O–H groups in total. The summed E-state index contributed by atoms with van der Waals surface area (Å²) in [5, 5.41) is 3.23. The van der Waals surface area contributed by atoms with Gasteiger partial charge in [0.25, 0.3) is 0 Å². The highest BCUT2D eigenvalue weighted by atomic mass is 16.5. The Labute approximate surface area is 86.2 Å². The second-order valence-electron chi connectivity index (χ2n) is 3.69.